The van der Waals surface area contributed by atoms with E-state index in [-0.39, 0.29) is 16.7 Å². The van der Waals surface area contributed by atoms with Gasteiger partial charge < -0.3 is 16.4 Å². The summed E-state index contributed by atoms with van der Waals surface area (Å²) in [6, 6.07) is 11.5. The van der Waals surface area contributed by atoms with Gasteiger partial charge in [0.1, 0.15) is 0 Å². The maximum atomic E-state index is 11.5. The summed E-state index contributed by atoms with van der Waals surface area (Å²) in [5.41, 5.74) is 13.6. The fourth-order valence-corrected chi connectivity index (χ4v) is 5.80. The average Bonchev–Trinajstić information content (AvgIpc) is 3.45. The summed E-state index contributed by atoms with van der Waals surface area (Å²) in [4.78, 5) is 27.3. The van der Waals surface area contributed by atoms with Crippen molar-refractivity contribution in [1.82, 2.24) is 29.5 Å². The Morgan fingerprint density at radius 2 is 1.86 bits per heavy atom. The van der Waals surface area contributed by atoms with Crippen LogP contribution in [0.3, 0.4) is 0 Å². The number of anilines is 2. The van der Waals surface area contributed by atoms with Crippen molar-refractivity contribution in [1.29, 1.82) is 0 Å². The van der Waals surface area contributed by atoms with Crippen LogP contribution in [-0.2, 0) is 6.54 Å². The summed E-state index contributed by atoms with van der Waals surface area (Å²) >= 11 is 6.37. The van der Waals surface area contributed by atoms with E-state index in [0.717, 1.165) is 64.2 Å². The van der Waals surface area contributed by atoms with Crippen molar-refractivity contribution in [2.45, 2.75) is 44.8 Å². The van der Waals surface area contributed by atoms with Gasteiger partial charge in [0.25, 0.3) is 5.91 Å². The van der Waals surface area contributed by atoms with Crippen molar-refractivity contribution in [2.75, 3.05) is 43.4 Å². The molecule has 0 radical (unpaired) electrons. The number of nitrogens with zero attached hydrogens (tertiary/aromatic N) is 7. The molecule has 11 heteroatoms. The number of amides is 1. The Hall–Kier alpha value is -3.21. The molecule has 0 bridgehead atoms. The van der Waals surface area contributed by atoms with Gasteiger partial charge >= 0.3 is 0 Å². The molecular weight excluding hydrogens is 490 g/mol. The Balaban J connectivity index is 1.16. The standard InChI is InChI=1S/C26H34ClN9O/c1-2-19-17-34(26-23(27)31-22(25(29)37)24(28)32-26)14-15-35(19)20-8-12-33(13-9-20)16-18-4-6-21(7-5-18)36-11-3-10-30-36/h3-7,10-11,19-20H,2,8-9,12-17H2,1H3,(H2,28,32)(H2,29,37)/t19-/m0/s1. The molecule has 0 unspecified atom stereocenters. The molecule has 0 saturated carbocycles. The van der Waals surface area contributed by atoms with Crippen molar-refractivity contribution in [3.05, 3.63) is 59.1 Å². The highest BCUT2D eigenvalue weighted by molar-refractivity contribution is 6.32. The topological polar surface area (TPSA) is 122 Å². The third-order valence-corrected chi connectivity index (χ3v) is 7.79. The number of rotatable bonds is 7. The van der Waals surface area contributed by atoms with Gasteiger partial charge in [0.15, 0.2) is 22.5 Å². The molecule has 1 amide bonds. The number of aromatic nitrogens is 4. The largest absolute Gasteiger partial charge is 0.382 e. The van der Waals surface area contributed by atoms with Crippen LogP contribution in [-0.4, -0.2) is 80.3 Å². The van der Waals surface area contributed by atoms with E-state index in [1.807, 2.05) is 16.9 Å². The molecule has 2 aliphatic heterocycles. The minimum Gasteiger partial charge on any atom is -0.382 e. The van der Waals surface area contributed by atoms with Crippen LogP contribution in [0.15, 0.2) is 42.7 Å². The summed E-state index contributed by atoms with van der Waals surface area (Å²) in [6.45, 7) is 7.87. The molecule has 5 rings (SSSR count). The zero-order valence-corrected chi connectivity index (χ0v) is 21.9. The van der Waals surface area contributed by atoms with Gasteiger partial charge in [0.05, 0.1) is 5.69 Å². The monoisotopic (exact) mass is 523 g/mol. The van der Waals surface area contributed by atoms with E-state index in [4.69, 9.17) is 23.1 Å². The second kappa shape index (κ2) is 11.0. The SMILES string of the molecule is CC[C@H]1CN(c2nc(N)c(C(N)=O)nc2Cl)CCN1C1CCN(Cc2ccc(-n3cccn3)cc2)CC1. The minimum absolute atomic E-state index is 0.0192. The highest BCUT2D eigenvalue weighted by atomic mass is 35.5. The number of benzene rings is 1. The number of carbonyl (C=O) groups is 1. The summed E-state index contributed by atoms with van der Waals surface area (Å²) in [5, 5.41) is 4.46. The number of nitrogens with two attached hydrogens (primary N) is 2. The Bertz CT molecular complexity index is 1210. The van der Waals surface area contributed by atoms with Crippen LogP contribution in [0, 0.1) is 0 Å². The molecule has 2 fully saturated rings. The molecule has 0 spiro atoms. The lowest BCUT2D eigenvalue weighted by Gasteiger charge is -2.47. The van der Waals surface area contributed by atoms with Crippen LogP contribution in [0.2, 0.25) is 5.15 Å². The molecule has 1 atom stereocenters. The molecule has 37 heavy (non-hydrogen) atoms. The fraction of sp³-hybridized carbons (Fsp3) is 0.462. The Morgan fingerprint density at radius 3 is 2.51 bits per heavy atom. The lowest BCUT2D eigenvalue weighted by molar-refractivity contribution is 0.0610. The van der Waals surface area contributed by atoms with Gasteiger partial charge in [-0.2, -0.15) is 5.10 Å². The first-order valence-electron chi connectivity index (χ1n) is 12.9. The van der Waals surface area contributed by atoms with Gasteiger partial charge in [-0.1, -0.05) is 30.7 Å². The summed E-state index contributed by atoms with van der Waals surface area (Å²) < 4.78 is 1.88. The van der Waals surface area contributed by atoms with Crippen molar-refractivity contribution in [2.24, 2.45) is 5.73 Å². The smallest absolute Gasteiger partial charge is 0.271 e. The Morgan fingerprint density at radius 1 is 1.11 bits per heavy atom. The van der Waals surface area contributed by atoms with E-state index in [2.05, 4.69) is 61.0 Å². The number of primary amides is 1. The number of halogens is 1. The van der Waals surface area contributed by atoms with Gasteiger partial charge in [0.2, 0.25) is 0 Å². The number of carbonyl (C=O) groups excluding carboxylic acids is 1. The van der Waals surface area contributed by atoms with Gasteiger partial charge in [-0.25, -0.2) is 14.6 Å². The van der Waals surface area contributed by atoms with Crippen molar-refractivity contribution in [3.63, 3.8) is 0 Å². The van der Waals surface area contributed by atoms with E-state index in [0.29, 0.717) is 17.9 Å². The molecule has 0 aliphatic carbocycles. The van der Waals surface area contributed by atoms with Crippen molar-refractivity contribution in [3.8, 4) is 5.69 Å². The normalized spacial score (nSPS) is 19.8. The van der Waals surface area contributed by atoms with E-state index < -0.39 is 5.91 Å². The van der Waals surface area contributed by atoms with Crippen LogP contribution in [0.4, 0.5) is 11.6 Å². The molecule has 4 N–H and O–H groups in total. The molecule has 2 saturated heterocycles. The van der Waals surface area contributed by atoms with E-state index in [1.165, 1.54) is 5.56 Å². The summed E-state index contributed by atoms with van der Waals surface area (Å²) in [5.74, 6) is -0.186. The summed E-state index contributed by atoms with van der Waals surface area (Å²) in [6.07, 6.45) is 7.09. The lowest BCUT2D eigenvalue weighted by Crippen LogP contribution is -2.58. The van der Waals surface area contributed by atoms with Crippen LogP contribution < -0.4 is 16.4 Å². The molecule has 3 aromatic rings. The zero-order valence-electron chi connectivity index (χ0n) is 21.1. The molecule has 2 aromatic heterocycles. The molecule has 10 nitrogen and oxygen atoms in total. The average molecular weight is 524 g/mol. The highest BCUT2D eigenvalue weighted by Crippen LogP contribution is 2.30. The predicted octanol–water partition coefficient (Wildman–Crippen LogP) is 2.56. The van der Waals surface area contributed by atoms with Crippen molar-refractivity contribution >= 4 is 29.1 Å². The van der Waals surface area contributed by atoms with Crippen LogP contribution in [0.1, 0.15) is 42.2 Å². The lowest BCUT2D eigenvalue weighted by atomic mass is 9.98. The number of piperazine rings is 1. The highest BCUT2D eigenvalue weighted by Gasteiger charge is 2.34. The first-order valence-corrected chi connectivity index (χ1v) is 13.3. The predicted molar refractivity (Wildman–Crippen MR) is 145 cm³/mol. The summed E-state index contributed by atoms with van der Waals surface area (Å²) in [7, 11) is 0. The van der Waals surface area contributed by atoms with Gasteiger partial charge in [0, 0.05) is 50.7 Å². The molecule has 4 heterocycles. The van der Waals surface area contributed by atoms with Crippen LogP contribution in [0.5, 0.6) is 0 Å². The third kappa shape index (κ3) is 5.56. The Labute approximate surface area is 222 Å². The maximum absolute atomic E-state index is 11.5. The van der Waals surface area contributed by atoms with Gasteiger partial charge in [-0.3, -0.25) is 14.6 Å². The van der Waals surface area contributed by atoms with E-state index >= 15 is 0 Å². The molecular formula is C26H34ClN9O. The maximum Gasteiger partial charge on any atom is 0.271 e. The van der Waals surface area contributed by atoms with Gasteiger partial charge in [-0.15, -0.1) is 0 Å². The van der Waals surface area contributed by atoms with E-state index in [9.17, 15) is 4.79 Å². The number of hydrogen-bond donors (Lipinski definition) is 2. The van der Waals surface area contributed by atoms with Crippen LogP contribution >= 0.6 is 11.6 Å². The third-order valence-electron chi connectivity index (χ3n) is 7.53. The molecule has 1 aromatic carbocycles. The number of nitrogen functional groups attached to an aromatic ring is 1. The van der Waals surface area contributed by atoms with Crippen LogP contribution in [0.25, 0.3) is 5.69 Å². The van der Waals surface area contributed by atoms with Crippen molar-refractivity contribution < 1.29 is 4.79 Å². The Kier molecular flexibility index (Phi) is 7.59. The number of piperidine rings is 1. The quantitative estimate of drug-likeness (QED) is 0.484. The molecule has 2 aliphatic rings. The first kappa shape index (κ1) is 25.4. The first-order chi connectivity index (χ1) is 17.9. The second-order valence-corrected chi connectivity index (χ2v) is 10.2. The van der Waals surface area contributed by atoms with E-state index in [1.54, 1.807) is 6.20 Å². The second-order valence-electron chi connectivity index (χ2n) is 9.81. The number of likely N-dealkylation sites (tertiary alicyclic amines) is 1. The number of hydrogen-bond acceptors (Lipinski definition) is 8. The molecule has 196 valence electrons. The van der Waals surface area contributed by atoms with Gasteiger partial charge in [-0.05, 0) is 56.1 Å². The zero-order chi connectivity index (χ0) is 25.9. The minimum atomic E-state index is -0.729. The fourth-order valence-electron chi connectivity index (χ4n) is 5.55.